The number of ether oxygens (including phenoxy) is 1. The predicted octanol–water partition coefficient (Wildman–Crippen LogP) is 2.96. The number of aliphatic hydroxyl groups excluding tert-OH is 1. The van der Waals surface area contributed by atoms with Crippen molar-refractivity contribution < 1.29 is 27.8 Å². The molecule has 1 amide bonds. The Balaban J connectivity index is 0.000000765. The van der Waals surface area contributed by atoms with E-state index in [1.165, 1.54) is 12.1 Å². The van der Waals surface area contributed by atoms with Gasteiger partial charge in [-0.2, -0.15) is 13.2 Å². The third-order valence-corrected chi connectivity index (χ3v) is 6.61. The summed E-state index contributed by atoms with van der Waals surface area (Å²) in [5, 5.41) is 14.2. The van der Waals surface area contributed by atoms with Gasteiger partial charge in [0.05, 0.1) is 36.6 Å². The summed E-state index contributed by atoms with van der Waals surface area (Å²) >= 11 is 0. The van der Waals surface area contributed by atoms with Gasteiger partial charge in [-0.05, 0) is 51.8 Å². The van der Waals surface area contributed by atoms with E-state index in [9.17, 15) is 18.0 Å². The molecule has 0 aliphatic carbocycles. The molecule has 1 aromatic heterocycles. The number of amidine groups is 1. The molecule has 2 unspecified atom stereocenters. The summed E-state index contributed by atoms with van der Waals surface area (Å²) < 4.78 is 44.7. The topological polar surface area (TPSA) is 163 Å². The highest BCUT2D eigenvalue weighted by Gasteiger charge is 2.31. The first-order valence-corrected chi connectivity index (χ1v) is 13.5. The number of nitrogens with two attached hydrogens (primary N) is 2. The zero-order chi connectivity index (χ0) is 31.7. The molecule has 0 saturated carbocycles. The second-order valence-corrected chi connectivity index (χ2v) is 10.0. The Hall–Kier alpha value is -4.11. The van der Waals surface area contributed by atoms with Gasteiger partial charge >= 0.3 is 6.18 Å². The Morgan fingerprint density at radius 3 is 2.49 bits per heavy atom. The molecule has 2 aliphatic rings. The number of aromatic nitrogens is 1. The second-order valence-electron chi connectivity index (χ2n) is 10.0. The molecule has 4 rings (SSSR count). The fourth-order valence-corrected chi connectivity index (χ4v) is 3.98. The van der Waals surface area contributed by atoms with E-state index >= 15 is 0 Å². The van der Waals surface area contributed by atoms with Gasteiger partial charge in [0.15, 0.2) is 0 Å². The number of alkyl halides is 3. The molecule has 0 radical (unpaired) electrons. The molecule has 1 fully saturated rings. The fraction of sp³-hybridized carbons (Fsp3) is 0.379. The van der Waals surface area contributed by atoms with Crippen LogP contribution in [0.25, 0.3) is 5.70 Å². The van der Waals surface area contributed by atoms with Crippen LogP contribution in [0.5, 0.6) is 0 Å². The molecule has 11 nitrogen and oxygen atoms in total. The van der Waals surface area contributed by atoms with Crippen molar-refractivity contribution in [3.8, 4) is 0 Å². The molecular weight excluding hydrogens is 565 g/mol. The molecule has 2 aliphatic heterocycles. The van der Waals surface area contributed by atoms with Crippen LogP contribution in [0.3, 0.4) is 0 Å². The number of hydrogen-bond donors (Lipinski definition) is 5. The maximum absolute atomic E-state index is 13.0. The highest BCUT2D eigenvalue weighted by Crippen LogP contribution is 2.31. The number of carbonyl (C=O) groups is 1. The van der Waals surface area contributed by atoms with Crippen LogP contribution in [0.4, 0.5) is 19.0 Å². The number of anilines is 1. The van der Waals surface area contributed by atoms with Gasteiger partial charge in [-0.1, -0.05) is 12.1 Å². The lowest BCUT2D eigenvalue weighted by Crippen LogP contribution is -2.46. The number of aliphatic hydroxyl groups is 1. The summed E-state index contributed by atoms with van der Waals surface area (Å²) in [6, 6.07) is 7.89. The van der Waals surface area contributed by atoms with Crippen molar-refractivity contribution in [1.29, 1.82) is 0 Å². The number of morpholine rings is 1. The number of nitrogens with one attached hydrogen (secondary N) is 2. The Kier molecular flexibility index (Phi) is 11.5. The number of allylic oxidation sites excluding steroid dienone is 1. The lowest BCUT2D eigenvalue weighted by molar-refractivity contribution is -0.137. The molecule has 0 spiro atoms. The number of nitrogens with zero attached hydrogens (tertiary/aromatic N) is 4. The van der Waals surface area contributed by atoms with E-state index in [0.29, 0.717) is 36.7 Å². The maximum Gasteiger partial charge on any atom is 0.416 e. The van der Waals surface area contributed by atoms with Crippen molar-refractivity contribution in [3.63, 3.8) is 0 Å². The van der Waals surface area contributed by atoms with Gasteiger partial charge < -0.3 is 36.8 Å². The Bertz CT molecular complexity index is 1360. The lowest BCUT2D eigenvalue weighted by Gasteiger charge is -2.35. The third-order valence-electron chi connectivity index (χ3n) is 6.61. The average molecular weight is 603 g/mol. The zero-order valence-corrected chi connectivity index (χ0v) is 24.2. The van der Waals surface area contributed by atoms with Crippen LogP contribution in [0.15, 0.2) is 70.2 Å². The van der Waals surface area contributed by atoms with Crippen molar-refractivity contribution in [1.82, 2.24) is 15.2 Å². The number of halogens is 3. The van der Waals surface area contributed by atoms with E-state index in [0.717, 1.165) is 30.6 Å². The Labute approximate surface area is 248 Å². The molecule has 1 aromatic carbocycles. The highest BCUT2D eigenvalue weighted by atomic mass is 19.4. The number of benzene rings is 1. The molecule has 1 saturated heterocycles. The monoisotopic (exact) mass is 602 g/mol. The van der Waals surface area contributed by atoms with Crippen LogP contribution in [-0.2, 0) is 10.9 Å². The minimum atomic E-state index is -4.54. The number of amides is 1. The summed E-state index contributed by atoms with van der Waals surface area (Å²) in [5.41, 5.74) is 13.3. The van der Waals surface area contributed by atoms with E-state index in [1.54, 1.807) is 32.2 Å². The highest BCUT2D eigenvalue weighted by molar-refractivity contribution is 6.06. The molecule has 3 heterocycles. The summed E-state index contributed by atoms with van der Waals surface area (Å²) in [7, 11) is 0. The number of carbonyl (C=O) groups excluding carboxylic acids is 1. The summed E-state index contributed by atoms with van der Waals surface area (Å²) in [6.07, 6.45) is -2.32. The summed E-state index contributed by atoms with van der Waals surface area (Å²) in [4.78, 5) is 26.9. The molecule has 2 aromatic rings. The van der Waals surface area contributed by atoms with Gasteiger partial charge in [-0.15, -0.1) is 0 Å². The average Bonchev–Trinajstić information content (AvgIpc) is 2.97. The van der Waals surface area contributed by atoms with Gasteiger partial charge in [0.25, 0.3) is 5.91 Å². The van der Waals surface area contributed by atoms with E-state index in [-0.39, 0.29) is 35.5 Å². The largest absolute Gasteiger partial charge is 0.416 e. The van der Waals surface area contributed by atoms with Crippen molar-refractivity contribution in [2.45, 2.75) is 45.2 Å². The van der Waals surface area contributed by atoms with Gasteiger partial charge in [-0.25, -0.2) is 9.98 Å². The van der Waals surface area contributed by atoms with E-state index in [4.69, 9.17) is 21.3 Å². The second kappa shape index (κ2) is 14.9. The molecule has 14 heteroatoms. The molecule has 3 atom stereocenters. The molecule has 0 bridgehead atoms. The van der Waals surface area contributed by atoms with Crippen LogP contribution < -0.4 is 22.1 Å². The molecule has 43 heavy (non-hydrogen) atoms. The molecule has 7 N–H and O–H groups in total. The molecular formula is C29H37F3N8O3. The maximum atomic E-state index is 13.0. The first-order valence-electron chi connectivity index (χ1n) is 13.5. The smallest absolute Gasteiger partial charge is 0.392 e. The van der Waals surface area contributed by atoms with E-state index in [2.05, 4.69) is 32.3 Å². The van der Waals surface area contributed by atoms with E-state index in [1.807, 2.05) is 11.8 Å². The van der Waals surface area contributed by atoms with Crippen molar-refractivity contribution >= 4 is 30.0 Å². The standard InChI is InChI=1S/C25H26F3N7O2.C4H11NO/c1-15-12-33-23(29)22(35(15)14-19-13-31-9-10-37-19)21(30-2)16-3-5-17(6-4-16)24(36)34-20-11-18(7-8-32-20)25(26,27)28;1-3(5)4(2)6/h3-8,11-12,19,31H,2,9-10,13-14H2,1H3,(H2,29,33)(H,32,34,36);3-4,6H,5H2,1-2H3/b22-21-;/t19-;/m1./s1. The van der Waals surface area contributed by atoms with Gasteiger partial charge in [0, 0.05) is 48.4 Å². The number of aliphatic imine (C=N–C) groups is 2. The summed E-state index contributed by atoms with van der Waals surface area (Å²) in [6.45, 7) is 11.7. The van der Waals surface area contributed by atoms with Crippen molar-refractivity contribution in [2.75, 3.05) is 31.6 Å². The SMILES string of the molecule is C=N/C(=C1/C(N)=NC=C(C)N1C[C@H]1CNCCO1)c1ccc(C(=O)Nc2cc(C(F)(F)F)ccn2)cc1.CC(N)C(C)O. The first kappa shape index (κ1) is 33.4. The minimum absolute atomic E-state index is 0.0698. The zero-order valence-electron chi connectivity index (χ0n) is 24.2. The summed E-state index contributed by atoms with van der Waals surface area (Å²) in [5.74, 6) is -0.558. The van der Waals surface area contributed by atoms with Crippen LogP contribution >= 0.6 is 0 Å². The van der Waals surface area contributed by atoms with Crippen molar-refractivity contribution in [3.05, 3.63) is 76.9 Å². The number of hydrogen-bond acceptors (Lipinski definition) is 10. The van der Waals surface area contributed by atoms with Gasteiger partial charge in [-0.3, -0.25) is 9.79 Å². The Morgan fingerprint density at radius 2 is 1.93 bits per heavy atom. The predicted molar refractivity (Wildman–Crippen MR) is 160 cm³/mol. The van der Waals surface area contributed by atoms with Gasteiger partial charge in [0.2, 0.25) is 0 Å². The fourth-order valence-electron chi connectivity index (χ4n) is 3.98. The molecule has 232 valence electrons. The first-order chi connectivity index (χ1) is 20.3. The van der Waals surface area contributed by atoms with Crippen LogP contribution in [0.1, 0.15) is 42.3 Å². The van der Waals surface area contributed by atoms with Gasteiger partial charge in [0.1, 0.15) is 17.4 Å². The third kappa shape index (κ3) is 9.19. The quantitative estimate of drug-likeness (QED) is 0.302. The van der Waals surface area contributed by atoms with E-state index < -0.39 is 17.6 Å². The van der Waals surface area contributed by atoms with Crippen LogP contribution in [0.2, 0.25) is 0 Å². The number of pyridine rings is 1. The van der Waals surface area contributed by atoms with Crippen molar-refractivity contribution in [2.24, 2.45) is 21.5 Å². The van der Waals surface area contributed by atoms with Crippen LogP contribution in [0, 0.1) is 0 Å². The normalized spacial score (nSPS) is 19.6. The Morgan fingerprint density at radius 1 is 1.28 bits per heavy atom. The number of rotatable bonds is 7. The minimum Gasteiger partial charge on any atom is -0.392 e. The lowest BCUT2D eigenvalue weighted by atomic mass is 10.0. The van der Waals surface area contributed by atoms with Crippen LogP contribution in [-0.4, -0.2) is 77.9 Å².